The molecule has 7 heteroatoms. The highest BCUT2D eigenvalue weighted by Crippen LogP contribution is 2.22. The molecule has 114 valence electrons. The SMILES string of the molecule is Cn1ncc2c(NN)nc(COC3CCCCCC3)nc21. The van der Waals surface area contributed by atoms with E-state index in [-0.39, 0.29) is 0 Å². The van der Waals surface area contributed by atoms with Gasteiger partial charge in [0.1, 0.15) is 6.61 Å². The van der Waals surface area contributed by atoms with Gasteiger partial charge in [0.2, 0.25) is 0 Å². The van der Waals surface area contributed by atoms with Crippen molar-refractivity contribution >= 4 is 16.9 Å². The Morgan fingerprint density at radius 1 is 1.29 bits per heavy atom. The van der Waals surface area contributed by atoms with Crippen LogP contribution < -0.4 is 11.3 Å². The summed E-state index contributed by atoms with van der Waals surface area (Å²) >= 11 is 0. The molecule has 0 saturated heterocycles. The van der Waals surface area contributed by atoms with Crippen LogP contribution in [0.4, 0.5) is 5.82 Å². The lowest BCUT2D eigenvalue weighted by molar-refractivity contribution is 0.0275. The number of nitrogens with zero attached hydrogens (tertiary/aromatic N) is 4. The second-order valence-electron chi connectivity index (χ2n) is 5.56. The van der Waals surface area contributed by atoms with Gasteiger partial charge in [-0.3, -0.25) is 4.68 Å². The number of hydrazine groups is 1. The third-order valence-electron chi connectivity index (χ3n) is 4.03. The first-order valence-corrected chi connectivity index (χ1v) is 7.55. The second-order valence-corrected chi connectivity index (χ2v) is 5.56. The Morgan fingerprint density at radius 3 is 2.76 bits per heavy atom. The minimum absolute atomic E-state index is 0.326. The van der Waals surface area contributed by atoms with Crippen molar-refractivity contribution in [2.75, 3.05) is 5.43 Å². The topological polar surface area (TPSA) is 90.9 Å². The minimum atomic E-state index is 0.326. The number of hydrogen-bond acceptors (Lipinski definition) is 6. The van der Waals surface area contributed by atoms with Crippen LogP contribution in [0.3, 0.4) is 0 Å². The molecule has 1 aliphatic rings. The summed E-state index contributed by atoms with van der Waals surface area (Å²) in [6, 6.07) is 0. The maximum Gasteiger partial charge on any atom is 0.163 e. The highest BCUT2D eigenvalue weighted by atomic mass is 16.5. The normalized spacial score (nSPS) is 17.0. The Kier molecular flexibility index (Phi) is 4.31. The molecule has 0 amide bonds. The Labute approximate surface area is 123 Å². The molecule has 0 bridgehead atoms. The van der Waals surface area contributed by atoms with E-state index in [0.29, 0.717) is 24.4 Å². The predicted molar refractivity (Wildman–Crippen MR) is 80.4 cm³/mol. The molecule has 0 aromatic carbocycles. The van der Waals surface area contributed by atoms with Crippen molar-refractivity contribution in [2.45, 2.75) is 51.2 Å². The Balaban J connectivity index is 1.75. The van der Waals surface area contributed by atoms with E-state index >= 15 is 0 Å². The predicted octanol–water partition coefficient (Wildman–Crippen LogP) is 1.89. The molecule has 3 N–H and O–H groups in total. The number of hydrogen-bond donors (Lipinski definition) is 2. The van der Waals surface area contributed by atoms with E-state index in [1.807, 2.05) is 7.05 Å². The zero-order valence-corrected chi connectivity index (χ0v) is 12.4. The first-order chi connectivity index (χ1) is 10.3. The van der Waals surface area contributed by atoms with Crippen molar-refractivity contribution in [1.82, 2.24) is 19.7 Å². The number of fused-ring (bicyclic) bond motifs is 1. The van der Waals surface area contributed by atoms with E-state index in [9.17, 15) is 0 Å². The monoisotopic (exact) mass is 290 g/mol. The van der Waals surface area contributed by atoms with Crippen LogP contribution in [0.2, 0.25) is 0 Å². The van der Waals surface area contributed by atoms with Crippen LogP contribution in [-0.4, -0.2) is 25.9 Å². The maximum atomic E-state index is 5.99. The first-order valence-electron chi connectivity index (χ1n) is 7.55. The highest BCUT2D eigenvalue weighted by Gasteiger charge is 2.15. The van der Waals surface area contributed by atoms with Crippen molar-refractivity contribution in [3.8, 4) is 0 Å². The van der Waals surface area contributed by atoms with Crippen molar-refractivity contribution < 1.29 is 4.74 Å². The van der Waals surface area contributed by atoms with Crippen LogP contribution in [0.1, 0.15) is 44.3 Å². The molecule has 0 radical (unpaired) electrons. The van der Waals surface area contributed by atoms with Crippen molar-refractivity contribution in [3.63, 3.8) is 0 Å². The maximum absolute atomic E-state index is 5.99. The summed E-state index contributed by atoms with van der Waals surface area (Å²) in [4.78, 5) is 8.93. The molecule has 2 aromatic rings. The van der Waals surface area contributed by atoms with Crippen LogP contribution in [-0.2, 0) is 18.4 Å². The molecule has 0 aliphatic heterocycles. The van der Waals surface area contributed by atoms with Crippen molar-refractivity contribution in [2.24, 2.45) is 12.9 Å². The van der Waals surface area contributed by atoms with Crippen LogP contribution in [0.25, 0.3) is 11.0 Å². The third kappa shape index (κ3) is 3.14. The fraction of sp³-hybridized carbons (Fsp3) is 0.643. The summed E-state index contributed by atoms with van der Waals surface area (Å²) in [5.74, 6) is 6.77. The zero-order valence-electron chi connectivity index (χ0n) is 12.4. The van der Waals surface area contributed by atoms with Crippen LogP contribution in [0.5, 0.6) is 0 Å². The molecule has 2 heterocycles. The summed E-state index contributed by atoms with van der Waals surface area (Å²) in [6.45, 7) is 0.417. The number of ether oxygens (including phenoxy) is 1. The van der Waals surface area contributed by atoms with Crippen LogP contribution in [0.15, 0.2) is 6.20 Å². The highest BCUT2D eigenvalue weighted by molar-refractivity contribution is 5.86. The van der Waals surface area contributed by atoms with Gasteiger partial charge >= 0.3 is 0 Å². The van der Waals surface area contributed by atoms with Gasteiger partial charge in [-0.2, -0.15) is 5.10 Å². The number of aromatic nitrogens is 4. The Hall–Kier alpha value is -1.73. The smallest absolute Gasteiger partial charge is 0.163 e. The first kappa shape index (κ1) is 14.2. The van der Waals surface area contributed by atoms with Gasteiger partial charge in [0.05, 0.1) is 17.7 Å². The average Bonchev–Trinajstić information content (AvgIpc) is 2.73. The molecule has 0 spiro atoms. The summed E-state index contributed by atoms with van der Waals surface area (Å²) < 4.78 is 7.71. The lowest BCUT2D eigenvalue weighted by atomic mass is 10.1. The van der Waals surface area contributed by atoms with E-state index in [1.54, 1.807) is 10.9 Å². The van der Waals surface area contributed by atoms with E-state index in [0.717, 1.165) is 23.9 Å². The fourth-order valence-corrected chi connectivity index (χ4v) is 2.84. The largest absolute Gasteiger partial charge is 0.370 e. The number of nitrogen functional groups attached to an aromatic ring is 1. The van der Waals surface area contributed by atoms with E-state index in [2.05, 4.69) is 20.5 Å². The molecule has 3 rings (SSSR count). The third-order valence-corrected chi connectivity index (χ3v) is 4.03. The number of nitrogens with two attached hydrogens (primary N) is 1. The number of rotatable bonds is 4. The number of aryl methyl sites for hydroxylation is 1. The Morgan fingerprint density at radius 2 is 2.05 bits per heavy atom. The molecular weight excluding hydrogens is 268 g/mol. The second kappa shape index (κ2) is 6.36. The van der Waals surface area contributed by atoms with Gasteiger partial charge in [-0.25, -0.2) is 15.8 Å². The molecule has 1 saturated carbocycles. The van der Waals surface area contributed by atoms with E-state index < -0.39 is 0 Å². The van der Waals surface area contributed by atoms with Crippen LogP contribution in [0, 0.1) is 0 Å². The van der Waals surface area contributed by atoms with Gasteiger partial charge in [-0.15, -0.1) is 0 Å². The number of anilines is 1. The van der Waals surface area contributed by atoms with Gasteiger partial charge in [-0.05, 0) is 12.8 Å². The molecule has 1 aliphatic carbocycles. The van der Waals surface area contributed by atoms with Crippen molar-refractivity contribution in [3.05, 3.63) is 12.0 Å². The number of nitrogens with one attached hydrogen (secondary N) is 1. The summed E-state index contributed by atoms with van der Waals surface area (Å²) in [6.07, 6.45) is 9.44. The zero-order chi connectivity index (χ0) is 14.7. The molecule has 1 fully saturated rings. The molecule has 2 aromatic heterocycles. The van der Waals surface area contributed by atoms with Gasteiger partial charge in [0, 0.05) is 7.05 Å². The van der Waals surface area contributed by atoms with E-state index in [1.165, 1.54) is 25.7 Å². The van der Waals surface area contributed by atoms with E-state index in [4.69, 9.17) is 10.6 Å². The lowest BCUT2D eigenvalue weighted by Gasteiger charge is -2.15. The lowest BCUT2D eigenvalue weighted by Crippen LogP contribution is -2.15. The summed E-state index contributed by atoms with van der Waals surface area (Å²) in [5.41, 5.74) is 3.37. The van der Waals surface area contributed by atoms with Crippen molar-refractivity contribution in [1.29, 1.82) is 0 Å². The van der Waals surface area contributed by atoms with Gasteiger partial charge < -0.3 is 10.2 Å². The molecule has 7 nitrogen and oxygen atoms in total. The standard InChI is InChI=1S/C14H22N6O/c1-20-14-11(8-16-20)13(19-15)17-12(18-14)9-21-10-6-4-2-3-5-7-10/h8,10H,2-7,9,15H2,1H3,(H,17,18,19). The molecule has 21 heavy (non-hydrogen) atoms. The van der Waals surface area contributed by atoms with Crippen LogP contribution >= 0.6 is 0 Å². The van der Waals surface area contributed by atoms with Gasteiger partial charge in [-0.1, -0.05) is 25.7 Å². The van der Waals surface area contributed by atoms with Gasteiger partial charge in [0.25, 0.3) is 0 Å². The molecular formula is C14H22N6O. The average molecular weight is 290 g/mol. The summed E-state index contributed by atoms with van der Waals surface area (Å²) in [7, 11) is 1.85. The fourth-order valence-electron chi connectivity index (χ4n) is 2.84. The molecule has 0 atom stereocenters. The van der Waals surface area contributed by atoms with Gasteiger partial charge in [0.15, 0.2) is 17.3 Å². The minimum Gasteiger partial charge on any atom is -0.370 e. The quantitative estimate of drug-likeness (QED) is 0.507. The Bertz CT molecular complexity index is 603. The molecule has 0 unspecified atom stereocenters. The summed E-state index contributed by atoms with van der Waals surface area (Å²) in [5, 5.41) is 5.00.